The largest absolute Gasteiger partial charge is 0.370 e. The van der Waals surface area contributed by atoms with Crippen LogP contribution in [0.3, 0.4) is 0 Å². The van der Waals surface area contributed by atoms with E-state index in [1.54, 1.807) is 0 Å². The van der Waals surface area contributed by atoms with Gasteiger partial charge in [0.2, 0.25) is 0 Å². The average Bonchev–Trinajstić information content (AvgIpc) is 2.22. The molecule has 0 saturated heterocycles. The van der Waals surface area contributed by atoms with E-state index in [1.807, 2.05) is 6.92 Å². The summed E-state index contributed by atoms with van der Waals surface area (Å²) < 4.78 is 0. The first-order valence-corrected chi connectivity index (χ1v) is 5.23. The van der Waals surface area contributed by atoms with Gasteiger partial charge in [-0.2, -0.15) is 0 Å². The molecule has 6 N–H and O–H groups in total. The van der Waals surface area contributed by atoms with E-state index < -0.39 is 0 Å². The highest BCUT2D eigenvalue weighted by Crippen LogP contribution is 1.98. The van der Waals surface area contributed by atoms with Crippen molar-refractivity contribution >= 4 is 11.9 Å². The lowest BCUT2D eigenvalue weighted by Crippen LogP contribution is -2.43. The highest BCUT2D eigenvalue weighted by Gasteiger charge is 2.16. The molecular formula is C9H21N5O2. The molecule has 0 aliphatic heterocycles. The second-order valence-corrected chi connectivity index (χ2v) is 3.23. The third-order valence-corrected chi connectivity index (χ3v) is 1.91. The Kier molecular flexibility index (Phi) is 8.18. The molecule has 0 aliphatic rings. The van der Waals surface area contributed by atoms with Gasteiger partial charge in [0.25, 0.3) is 5.91 Å². The molecular weight excluding hydrogens is 210 g/mol. The van der Waals surface area contributed by atoms with Gasteiger partial charge in [-0.25, -0.2) is 5.48 Å². The van der Waals surface area contributed by atoms with Gasteiger partial charge >= 0.3 is 0 Å². The Hall–Kier alpha value is -1.34. The van der Waals surface area contributed by atoms with Crippen molar-refractivity contribution in [2.24, 2.45) is 16.5 Å². The first kappa shape index (κ1) is 14.7. The third-order valence-electron chi connectivity index (χ3n) is 1.91. The van der Waals surface area contributed by atoms with Gasteiger partial charge in [-0.3, -0.25) is 14.6 Å². The minimum absolute atomic E-state index is 0.0707. The SMILES string of the molecule is CCNC(CCCN=C(N)N)C(=O)NOC. The summed E-state index contributed by atoms with van der Waals surface area (Å²) in [5.41, 5.74) is 12.7. The third kappa shape index (κ3) is 7.02. The fourth-order valence-corrected chi connectivity index (χ4v) is 1.25. The van der Waals surface area contributed by atoms with Crippen LogP contribution in [0.4, 0.5) is 0 Å². The molecule has 16 heavy (non-hydrogen) atoms. The normalized spacial score (nSPS) is 11.9. The molecule has 1 atom stereocenters. The molecule has 0 bridgehead atoms. The van der Waals surface area contributed by atoms with Crippen LogP contribution in [0.5, 0.6) is 0 Å². The highest BCUT2D eigenvalue weighted by molar-refractivity contribution is 5.80. The molecule has 0 aromatic rings. The summed E-state index contributed by atoms with van der Waals surface area (Å²) in [6.45, 7) is 3.16. The second-order valence-electron chi connectivity index (χ2n) is 3.23. The molecule has 0 rings (SSSR count). The number of carbonyl (C=O) groups excluding carboxylic acids is 1. The number of nitrogens with two attached hydrogens (primary N) is 2. The van der Waals surface area contributed by atoms with Crippen molar-refractivity contribution in [3.05, 3.63) is 0 Å². The second kappa shape index (κ2) is 8.93. The van der Waals surface area contributed by atoms with Gasteiger partial charge in [-0.1, -0.05) is 6.92 Å². The first-order chi connectivity index (χ1) is 7.61. The number of hydrogen-bond acceptors (Lipinski definition) is 4. The van der Waals surface area contributed by atoms with E-state index in [4.69, 9.17) is 11.5 Å². The lowest BCUT2D eigenvalue weighted by Gasteiger charge is -2.15. The fourth-order valence-electron chi connectivity index (χ4n) is 1.25. The molecule has 7 nitrogen and oxygen atoms in total. The van der Waals surface area contributed by atoms with Crippen LogP contribution in [0.2, 0.25) is 0 Å². The van der Waals surface area contributed by atoms with Gasteiger partial charge in [0.1, 0.15) is 0 Å². The van der Waals surface area contributed by atoms with E-state index >= 15 is 0 Å². The molecule has 0 spiro atoms. The maximum absolute atomic E-state index is 11.5. The van der Waals surface area contributed by atoms with Crippen LogP contribution in [0, 0.1) is 0 Å². The van der Waals surface area contributed by atoms with Crippen LogP contribution in [0.15, 0.2) is 4.99 Å². The van der Waals surface area contributed by atoms with E-state index in [9.17, 15) is 4.79 Å². The zero-order valence-electron chi connectivity index (χ0n) is 9.82. The number of hydrogen-bond donors (Lipinski definition) is 4. The number of carbonyl (C=O) groups is 1. The topological polar surface area (TPSA) is 115 Å². The number of hydroxylamine groups is 1. The van der Waals surface area contributed by atoms with Crippen molar-refractivity contribution in [1.29, 1.82) is 0 Å². The van der Waals surface area contributed by atoms with Crippen molar-refractivity contribution in [3.63, 3.8) is 0 Å². The number of aliphatic imine (C=N–C) groups is 1. The Morgan fingerprint density at radius 2 is 2.19 bits per heavy atom. The Bertz CT molecular complexity index is 228. The number of guanidine groups is 1. The van der Waals surface area contributed by atoms with Crippen molar-refractivity contribution in [3.8, 4) is 0 Å². The van der Waals surface area contributed by atoms with Crippen LogP contribution in [0.1, 0.15) is 19.8 Å². The fraction of sp³-hybridized carbons (Fsp3) is 0.778. The van der Waals surface area contributed by atoms with Gasteiger partial charge < -0.3 is 16.8 Å². The molecule has 0 aliphatic carbocycles. The highest BCUT2D eigenvalue weighted by atomic mass is 16.6. The first-order valence-electron chi connectivity index (χ1n) is 5.23. The predicted molar refractivity (Wildman–Crippen MR) is 62.5 cm³/mol. The van der Waals surface area contributed by atoms with Crippen molar-refractivity contribution in [2.45, 2.75) is 25.8 Å². The molecule has 1 unspecified atom stereocenters. The number of nitrogens with one attached hydrogen (secondary N) is 2. The van der Waals surface area contributed by atoms with Crippen molar-refractivity contribution in [2.75, 3.05) is 20.2 Å². The van der Waals surface area contributed by atoms with Gasteiger partial charge in [-0.15, -0.1) is 0 Å². The number of likely N-dealkylation sites (N-methyl/N-ethyl adjacent to an activating group) is 1. The monoisotopic (exact) mass is 231 g/mol. The lowest BCUT2D eigenvalue weighted by molar-refractivity contribution is -0.133. The molecule has 0 radical (unpaired) electrons. The molecule has 0 fully saturated rings. The van der Waals surface area contributed by atoms with Gasteiger partial charge in [-0.05, 0) is 19.4 Å². The van der Waals surface area contributed by atoms with Gasteiger partial charge in [0.15, 0.2) is 5.96 Å². The summed E-state index contributed by atoms with van der Waals surface area (Å²) in [5.74, 6) is -0.115. The van der Waals surface area contributed by atoms with Gasteiger partial charge in [0.05, 0.1) is 13.2 Å². The van der Waals surface area contributed by atoms with E-state index in [1.165, 1.54) is 7.11 Å². The van der Waals surface area contributed by atoms with E-state index in [0.29, 0.717) is 19.5 Å². The Morgan fingerprint density at radius 3 is 2.69 bits per heavy atom. The quantitative estimate of drug-likeness (QED) is 0.179. The van der Waals surface area contributed by atoms with Crippen LogP contribution in [-0.4, -0.2) is 38.1 Å². The summed E-state index contributed by atoms with van der Waals surface area (Å²) in [7, 11) is 1.40. The smallest absolute Gasteiger partial charge is 0.260 e. The predicted octanol–water partition coefficient (Wildman–Crippen LogP) is -1.30. The minimum Gasteiger partial charge on any atom is -0.370 e. The maximum atomic E-state index is 11.5. The molecule has 0 aromatic heterocycles. The Labute approximate surface area is 95.6 Å². The van der Waals surface area contributed by atoms with Crippen LogP contribution >= 0.6 is 0 Å². The van der Waals surface area contributed by atoms with E-state index in [-0.39, 0.29) is 17.9 Å². The average molecular weight is 231 g/mol. The molecule has 0 saturated carbocycles. The lowest BCUT2D eigenvalue weighted by atomic mass is 10.1. The summed E-state index contributed by atoms with van der Waals surface area (Å²) in [4.78, 5) is 19.9. The summed E-state index contributed by atoms with van der Waals surface area (Å²) >= 11 is 0. The summed E-state index contributed by atoms with van der Waals surface area (Å²) in [5, 5.41) is 3.05. The number of amides is 1. The zero-order valence-corrected chi connectivity index (χ0v) is 9.82. The molecule has 94 valence electrons. The van der Waals surface area contributed by atoms with Crippen LogP contribution in [0.25, 0.3) is 0 Å². The van der Waals surface area contributed by atoms with Gasteiger partial charge in [0, 0.05) is 6.54 Å². The molecule has 0 aromatic carbocycles. The Morgan fingerprint density at radius 1 is 1.50 bits per heavy atom. The zero-order chi connectivity index (χ0) is 12.4. The minimum atomic E-state index is -0.279. The van der Waals surface area contributed by atoms with E-state index in [2.05, 4.69) is 20.6 Å². The molecule has 1 amide bonds. The van der Waals surface area contributed by atoms with Crippen LogP contribution in [-0.2, 0) is 9.63 Å². The summed E-state index contributed by atoms with van der Waals surface area (Å²) in [6.07, 6.45) is 1.38. The van der Waals surface area contributed by atoms with E-state index in [0.717, 1.165) is 6.42 Å². The van der Waals surface area contributed by atoms with Crippen molar-refractivity contribution in [1.82, 2.24) is 10.8 Å². The van der Waals surface area contributed by atoms with Crippen LogP contribution < -0.4 is 22.3 Å². The summed E-state index contributed by atoms with van der Waals surface area (Å²) in [6, 6.07) is -0.279. The number of nitrogens with zero attached hydrogens (tertiary/aromatic N) is 1. The molecule has 0 heterocycles. The van der Waals surface area contributed by atoms with Crippen molar-refractivity contribution < 1.29 is 9.63 Å². The number of rotatable bonds is 8. The molecule has 7 heteroatoms. The maximum Gasteiger partial charge on any atom is 0.260 e. The standard InChI is InChI=1S/C9H21N5O2/c1-3-12-7(8(15)14-16-2)5-4-6-13-9(10)11/h7,12H,3-6H2,1-2H3,(H,14,15)(H4,10,11,13). The Balaban J connectivity index is 3.93.